The minimum atomic E-state index is -0.399. The molecule has 2 rings (SSSR count). The smallest absolute Gasteiger partial charge is 0.315 e. The van der Waals surface area contributed by atoms with Gasteiger partial charge in [-0.15, -0.1) is 6.58 Å². The Morgan fingerprint density at radius 1 is 1.33 bits per heavy atom. The number of halogens is 1. The number of hydrogen-bond donors (Lipinski definition) is 3. The van der Waals surface area contributed by atoms with Crippen molar-refractivity contribution in [2.45, 2.75) is 18.9 Å². The molecule has 1 aromatic carbocycles. The third-order valence-electron chi connectivity index (χ3n) is 3.80. The van der Waals surface area contributed by atoms with Crippen molar-refractivity contribution in [3.05, 3.63) is 42.7 Å². The Hall–Kier alpha value is -2.57. The lowest BCUT2D eigenvalue weighted by Crippen LogP contribution is -2.52. The Labute approximate surface area is 141 Å². The number of nitrogens with one attached hydrogen (secondary N) is 3. The summed E-state index contributed by atoms with van der Waals surface area (Å²) in [5, 5.41) is 7.93. The largest absolute Gasteiger partial charge is 0.367 e. The first kappa shape index (κ1) is 17.8. The van der Waals surface area contributed by atoms with E-state index in [1.54, 1.807) is 24.3 Å². The molecule has 1 aliphatic heterocycles. The van der Waals surface area contributed by atoms with Gasteiger partial charge in [0.15, 0.2) is 0 Å². The summed E-state index contributed by atoms with van der Waals surface area (Å²) >= 11 is 0. The van der Waals surface area contributed by atoms with E-state index in [9.17, 15) is 14.0 Å². The first-order valence-electron chi connectivity index (χ1n) is 8.01. The fourth-order valence-corrected chi connectivity index (χ4v) is 2.67. The van der Waals surface area contributed by atoms with E-state index < -0.39 is 6.03 Å². The summed E-state index contributed by atoms with van der Waals surface area (Å²) in [5.41, 5.74) is 0.549. The Morgan fingerprint density at radius 2 is 2.12 bits per heavy atom. The van der Waals surface area contributed by atoms with E-state index in [0.29, 0.717) is 18.8 Å². The van der Waals surface area contributed by atoms with Gasteiger partial charge in [-0.2, -0.15) is 0 Å². The maximum Gasteiger partial charge on any atom is 0.315 e. The van der Waals surface area contributed by atoms with Crippen LogP contribution in [0.1, 0.15) is 12.8 Å². The molecule has 1 atom stereocenters. The lowest BCUT2D eigenvalue weighted by Gasteiger charge is -2.34. The maximum absolute atomic E-state index is 13.9. The van der Waals surface area contributed by atoms with Crippen LogP contribution in [-0.2, 0) is 4.79 Å². The van der Waals surface area contributed by atoms with Gasteiger partial charge in [-0.25, -0.2) is 9.18 Å². The van der Waals surface area contributed by atoms with Crippen molar-refractivity contribution in [3.63, 3.8) is 0 Å². The van der Waals surface area contributed by atoms with Gasteiger partial charge in [0.05, 0.1) is 12.2 Å². The average molecular weight is 334 g/mol. The second-order valence-electron chi connectivity index (χ2n) is 5.66. The molecule has 0 bridgehead atoms. The Bertz CT molecular complexity index is 594. The van der Waals surface area contributed by atoms with Gasteiger partial charge in [0, 0.05) is 25.7 Å². The summed E-state index contributed by atoms with van der Waals surface area (Å²) in [7, 11) is 0. The van der Waals surface area contributed by atoms with Crippen molar-refractivity contribution in [2.75, 3.05) is 31.1 Å². The van der Waals surface area contributed by atoms with E-state index in [4.69, 9.17) is 0 Å². The molecule has 0 aromatic heterocycles. The molecular formula is C17H23FN4O2. The molecule has 3 N–H and O–H groups in total. The molecule has 0 radical (unpaired) electrons. The summed E-state index contributed by atoms with van der Waals surface area (Å²) in [6.45, 7) is 5.06. The molecular weight excluding hydrogens is 311 g/mol. The van der Waals surface area contributed by atoms with Crippen LogP contribution >= 0.6 is 0 Å². The van der Waals surface area contributed by atoms with Crippen molar-refractivity contribution in [3.8, 4) is 0 Å². The normalized spacial score (nSPS) is 17.0. The Kier molecular flexibility index (Phi) is 6.60. The monoisotopic (exact) mass is 334 g/mol. The van der Waals surface area contributed by atoms with Crippen LogP contribution in [0, 0.1) is 5.82 Å². The maximum atomic E-state index is 13.9. The second-order valence-corrected chi connectivity index (χ2v) is 5.66. The highest BCUT2D eigenvalue weighted by atomic mass is 19.1. The molecule has 1 aliphatic rings. The molecule has 6 nitrogen and oxygen atoms in total. The summed E-state index contributed by atoms with van der Waals surface area (Å²) in [6, 6.07) is 6.13. The summed E-state index contributed by atoms with van der Waals surface area (Å²) < 4.78 is 13.9. The van der Waals surface area contributed by atoms with E-state index in [1.807, 2.05) is 4.90 Å². The highest BCUT2D eigenvalue weighted by Gasteiger charge is 2.23. The minimum Gasteiger partial charge on any atom is -0.367 e. The average Bonchev–Trinajstić information content (AvgIpc) is 2.59. The van der Waals surface area contributed by atoms with Crippen LogP contribution in [0.2, 0.25) is 0 Å². The summed E-state index contributed by atoms with van der Waals surface area (Å²) in [5.74, 6) is -0.539. The van der Waals surface area contributed by atoms with Crippen molar-refractivity contribution in [2.24, 2.45) is 0 Å². The number of carbonyl (C=O) groups excluding carboxylic acids is 2. The first-order valence-corrected chi connectivity index (χ1v) is 8.01. The quantitative estimate of drug-likeness (QED) is 0.689. The van der Waals surface area contributed by atoms with Crippen LogP contribution in [0.3, 0.4) is 0 Å². The van der Waals surface area contributed by atoms with Gasteiger partial charge in [-0.3, -0.25) is 4.79 Å². The number of rotatable bonds is 6. The van der Waals surface area contributed by atoms with Gasteiger partial charge >= 0.3 is 6.03 Å². The van der Waals surface area contributed by atoms with Gasteiger partial charge in [0.25, 0.3) is 0 Å². The fourth-order valence-electron chi connectivity index (χ4n) is 2.67. The molecule has 7 heteroatoms. The lowest BCUT2D eigenvalue weighted by molar-refractivity contribution is -0.119. The number of urea groups is 1. The lowest BCUT2D eigenvalue weighted by atomic mass is 10.0. The molecule has 1 saturated heterocycles. The molecule has 1 heterocycles. The van der Waals surface area contributed by atoms with Gasteiger partial charge < -0.3 is 20.9 Å². The van der Waals surface area contributed by atoms with Crippen LogP contribution in [-0.4, -0.2) is 44.2 Å². The highest BCUT2D eigenvalue weighted by molar-refractivity contribution is 5.84. The molecule has 3 amide bonds. The van der Waals surface area contributed by atoms with Crippen LogP contribution < -0.4 is 20.9 Å². The number of hydrogen-bond acceptors (Lipinski definition) is 3. The van der Waals surface area contributed by atoms with E-state index in [0.717, 1.165) is 19.4 Å². The van der Waals surface area contributed by atoms with Crippen LogP contribution in [0.15, 0.2) is 36.9 Å². The number of amides is 3. The number of carbonyl (C=O) groups is 2. The van der Waals surface area contributed by atoms with E-state index in [2.05, 4.69) is 22.5 Å². The fraction of sp³-hybridized carbons (Fsp3) is 0.412. The molecule has 0 saturated carbocycles. The van der Waals surface area contributed by atoms with Crippen molar-refractivity contribution < 1.29 is 14.0 Å². The third kappa shape index (κ3) is 5.26. The number of piperidine rings is 1. The molecule has 0 aliphatic carbocycles. The SMILES string of the molecule is C=CCNC(=O)CNC(=O)N[C@@H]1CCCN(c2ccccc2F)C1. The van der Waals surface area contributed by atoms with Gasteiger partial charge in [0.1, 0.15) is 5.82 Å². The van der Waals surface area contributed by atoms with Crippen LogP contribution in [0.4, 0.5) is 14.9 Å². The molecule has 1 fully saturated rings. The standard InChI is InChI=1S/C17H23FN4O2/c1-2-9-19-16(23)11-20-17(24)21-13-6-5-10-22(12-13)15-8-4-3-7-14(15)18/h2-4,7-8,13H,1,5-6,9-12H2,(H,19,23)(H2,20,21,24)/t13-/m1/s1. The predicted molar refractivity (Wildman–Crippen MR) is 91.4 cm³/mol. The molecule has 130 valence electrons. The molecule has 0 spiro atoms. The van der Waals surface area contributed by atoms with Gasteiger partial charge in [-0.05, 0) is 25.0 Å². The number of para-hydroxylation sites is 1. The van der Waals surface area contributed by atoms with Crippen LogP contribution in [0.25, 0.3) is 0 Å². The Balaban J connectivity index is 1.80. The molecule has 1 aromatic rings. The third-order valence-corrected chi connectivity index (χ3v) is 3.80. The molecule has 24 heavy (non-hydrogen) atoms. The van der Waals surface area contributed by atoms with E-state index in [1.165, 1.54) is 6.07 Å². The van der Waals surface area contributed by atoms with E-state index >= 15 is 0 Å². The highest BCUT2D eigenvalue weighted by Crippen LogP contribution is 2.22. The topological polar surface area (TPSA) is 73.5 Å². The van der Waals surface area contributed by atoms with Crippen molar-refractivity contribution >= 4 is 17.6 Å². The zero-order valence-corrected chi connectivity index (χ0v) is 13.6. The number of nitrogens with zero attached hydrogens (tertiary/aromatic N) is 1. The van der Waals surface area contributed by atoms with Gasteiger partial charge in [0.2, 0.25) is 5.91 Å². The first-order chi connectivity index (χ1) is 11.6. The number of anilines is 1. The Morgan fingerprint density at radius 3 is 2.88 bits per heavy atom. The minimum absolute atomic E-state index is 0.0883. The zero-order valence-electron chi connectivity index (χ0n) is 13.6. The summed E-state index contributed by atoms with van der Waals surface area (Å²) in [6.07, 6.45) is 3.25. The summed E-state index contributed by atoms with van der Waals surface area (Å²) in [4.78, 5) is 25.2. The van der Waals surface area contributed by atoms with Crippen molar-refractivity contribution in [1.29, 1.82) is 0 Å². The number of benzene rings is 1. The van der Waals surface area contributed by atoms with E-state index in [-0.39, 0.29) is 24.3 Å². The molecule has 0 unspecified atom stereocenters. The second kappa shape index (κ2) is 8.90. The van der Waals surface area contributed by atoms with Crippen molar-refractivity contribution in [1.82, 2.24) is 16.0 Å². The predicted octanol–water partition coefficient (Wildman–Crippen LogP) is 1.40. The van der Waals surface area contributed by atoms with Gasteiger partial charge in [-0.1, -0.05) is 18.2 Å². The van der Waals surface area contributed by atoms with Crippen LogP contribution in [0.5, 0.6) is 0 Å². The zero-order chi connectivity index (χ0) is 17.4.